The predicted octanol–water partition coefficient (Wildman–Crippen LogP) is 4.38. The molecule has 4 heterocycles. The molecule has 4 fully saturated rings. The number of aliphatic hydroxyl groups excluding tert-OH is 1. The maximum Gasteiger partial charge on any atom is 0.195 e. The second-order valence-electron chi connectivity index (χ2n) is 11.4. The Morgan fingerprint density at radius 3 is 2.63 bits per heavy atom. The molecule has 0 spiro atoms. The van der Waals surface area contributed by atoms with Crippen LogP contribution >= 0.6 is 0 Å². The predicted molar refractivity (Wildman–Crippen MR) is 130 cm³/mol. The molecule has 7 heteroatoms. The van der Waals surface area contributed by atoms with E-state index in [4.69, 9.17) is 28.4 Å². The van der Waals surface area contributed by atoms with Crippen molar-refractivity contribution in [1.82, 2.24) is 0 Å². The minimum atomic E-state index is -0.774. The van der Waals surface area contributed by atoms with Crippen molar-refractivity contribution in [3.05, 3.63) is 29.8 Å². The number of fused-ring (bicyclic) bond motifs is 2. The van der Waals surface area contributed by atoms with E-state index in [1.807, 2.05) is 24.3 Å². The Labute approximate surface area is 209 Å². The molecule has 0 amide bonds. The lowest BCUT2D eigenvalue weighted by Crippen LogP contribution is -2.58. The zero-order valence-corrected chi connectivity index (χ0v) is 21.5. The first-order valence-corrected chi connectivity index (χ1v) is 13.4. The van der Waals surface area contributed by atoms with Gasteiger partial charge < -0.3 is 33.5 Å². The fraction of sp³-hybridized carbons (Fsp3) is 0.786. The van der Waals surface area contributed by atoms with Gasteiger partial charge in [-0.25, -0.2) is 0 Å². The smallest absolute Gasteiger partial charge is 0.195 e. The van der Waals surface area contributed by atoms with Crippen LogP contribution in [0.3, 0.4) is 0 Å². The molecule has 1 aromatic carbocycles. The van der Waals surface area contributed by atoms with Crippen LogP contribution in [0.5, 0.6) is 5.75 Å². The fourth-order valence-electron chi connectivity index (χ4n) is 6.60. The Hall–Kier alpha value is -1.22. The molecule has 0 unspecified atom stereocenters. The lowest BCUT2D eigenvalue weighted by Gasteiger charge is -2.47. The van der Waals surface area contributed by atoms with Crippen LogP contribution in [0.2, 0.25) is 0 Å². The molecule has 1 N–H and O–H groups in total. The van der Waals surface area contributed by atoms with Gasteiger partial charge in [-0.2, -0.15) is 0 Å². The molecule has 7 nitrogen and oxygen atoms in total. The van der Waals surface area contributed by atoms with Gasteiger partial charge in [0.2, 0.25) is 0 Å². The summed E-state index contributed by atoms with van der Waals surface area (Å²) in [5.41, 5.74) is 0.373. The van der Waals surface area contributed by atoms with Crippen molar-refractivity contribution >= 4 is 0 Å². The minimum absolute atomic E-state index is 0.0217. The lowest BCUT2D eigenvalue weighted by atomic mass is 9.90. The van der Waals surface area contributed by atoms with E-state index < -0.39 is 11.4 Å². The van der Waals surface area contributed by atoms with Gasteiger partial charge >= 0.3 is 0 Å². The summed E-state index contributed by atoms with van der Waals surface area (Å²) in [6, 6.07) is 8.00. The number of benzene rings is 1. The Bertz CT molecular complexity index is 840. The van der Waals surface area contributed by atoms with Crippen LogP contribution in [-0.4, -0.2) is 67.3 Å². The average Bonchev–Trinajstić information content (AvgIpc) is 3.59. The second kappa shape index (κ2) is 10.3. The second-order valence-corrected chi connectivity index (χ2v) is 11.4. The van der Waals surface area contributed by atoms with E-state index in [0.29, 0.717) is 25.6 Å². The van der Waals surface area contributed by atoms with Gasteiger partial charge in [0, 0.05) is 26.1 Å². The van der Waals surface area contributed by atoms with E-state index >= 15 is 0 Å². The molecule has 0 aliphatic carbocycles. The maximum absolute atomic E-state index is 10.2. The van der Waals surface area contributed by atoms with Crippen molar-refractivity contribution in [3.63, 3.8) is 0 Å². The van der Waals surface area contributed by atoms with Crippen LogP contribution in [0.1, 0.15) is 70.8 Å². The highest BCUT2D eigenvalue weighted by molar-refractivity contribution is 5.26. The van der Waals surface area contributed by atoms with Crippen LogP contribution in [0, 0.1) is 5.92 Å². The number of ether oxygens (including phenoxy) is 6. The third kappa shape index (κ3) is 5.41. The van der Waals surface area contributed by atoms with Crippen LogP contribution in [0.4, 0.5) is 0 Å². The summed E-state index contributed by atoms with van der Waals surface area (Å²) in [4.78, 5) is 0. The van der Waals surface area contributed by atoms with Crippen LogP contribution in [0.15, 0.2) is 24.3 Å². The zero-order chi connectivity index (χ0) is 24.5. The highest BCUT2D eigenvalue weighted by Crippen LogP contribution is 2.54. The van der Waals surface area contributed by atoms with E-state index in [1.54, 1.807) is 7.11 Å². The molecule has 5 rings (SSSR count). The van der Waals surface area contributed by atoms with Crippen LogP contribution < -0.4 is 4.74 Å². The Morgan fingerprint density at radius 1 is 1.09 bits per heavy atom. The molecule has 2 bridgehead atoms. The highest BCUT2D eigenvalue weighted by atomic mass is 16.8. The monoisotopic (exact) mass is 490 g/mol. The maximum atomic E-state index is 10.2. The first-order chi connectivity index (χ1) is 16.9. The molecule has 4 saturated heterocycles. The van der Waals surface area contributed by atoms with E-state index in [9.17, 15) is 5.11 Å². The molecule has 1 aromatic rings. The van der Waals surface area contributed by atoms with Crippen molar-refractivity contribution in [1.29, 1.82) is 0 Å². The third-order valence-electron chi connectivity index (χ3n) is 8.37. The van der Waals surface area contributed by atoms with Gasteiger partial charge in [-0.3, -0.25) is 0 Å². The summed E-state index contributed by atoms with van der Waals surface area (Å²) in [5.74, 6) is 0.445. The number of hydrogen-bond donors (Lipinski definition) is 1. The molecule has 0 saturated carbocycles. The molecule has 4 aliphatic heterocycles. The Morgan fingerprint density at radius 2 is 1.91 bits per heavy atom. The first kappa shape index (κ1) is 25.4. The summed E-state index contributed by atoms with van der Waals surface area (Å²) >= 11 is 0. The van der Waals surface area contributed by atoms with Gasteiger partial charge in [0.25, 0.3) is 0 Å². The van der Waals surface area contributed by atoms with E-state index in [2.05, 4.69) is 13.8 Å². The molecular weight excluding hydrogens is 448 g/mol. The van der Waals surface area contributed by atoms with Crippen LogP contribution in [-0.2, 0) is 30.3 Å². The van der Waals surface area contributed by atoms with E-state index in [0.717, 1.165) is 62.9 Å². The first-order valence-electron chi connectivity index (χ1n) is 13.4. The van der Waals surface area contributed by atoms with Crippen molar-refractivity contribution < 1.29 is 33.5 Å². The zero-order valence-electron chi connectivity index (χ0n) is 21.5. The molecule has 0 radical (unpaired) electrons. The number of rotatable bonds is 10. The largest absolute Gasteiger partial charge is 0.497 e. The summed E-state index contributed by atoms with van der Waals surface area (Å²) in [6.45, 7) is 6.52. The minimum Gasteiger partial charge on any atom is -0.497 e. The van der Waals surface area contributed by atoms with Gasteiger partial charge in [0.15, 0.2) is 5.79 Å². The lowest BCUT2D eigenvalue weighted by molar-refractivity contribution is -0.364. The fourth-order valence-corrected chi connectivity index (χ4v) is 6.60. The average molecular weight is 491 g/mol. The molecule has 7 atom stereocenters. The van der Waals surface area contributed by atoms with Gasteiger partial charge in [0.1, 0.15) is 11.9 Å². The van der Waals surface area contributed by atoms with Crippen molar-refractivity contribution in [2.24, 2.45) is 5.92 Å². The molecule has 0 aromatic heterocycles. The van der Waals surface area contributed by atoms with Gasteiger partial charge in [-0.1, -0.05) is 19.1 Å². The molecule has 196 valence electrons. The molecule has 4 aliphatic rings. The molecular formula is C28H42O7. The topological polar surface area (TPSA) is 75.6 Å². The van der Waals surface area contributed by atoms with Crippen molar-refractivity contribution in [2.45, 2.75) is 107 Å². The SMILES string of the molecule is COc1ccc(COC[C@H](C)C[C@@]2(C)CC[C@H]([C@]34CC[C@](CO)(C[C@H]([C@@H]5CCCO5)O3)O4)O2)cc1. The van der Waals surface area contributed by atoms with Gasteiger partial charge in [0.05, 0.1) is 43.7 Å². The van der Waals surface area contributed by atoms with Gasteiger partial charge in [-0.15, -0.1) is 0 Å². The summed E-state index contributed by atoms with van der Waals surface area (Å²) in [5, 5.41) is 10.2. The summed E-state index contributed by atoms with van der Waals surface area (Å²) in [7, 11) is 1.67. The normalized spacial score (nSPS) is 39.7. The summed E-state index contributed by atoms with van der Waals surface area (Å²) < 4.78 is 37.1. The van der Waals surface area contributed by atoms with Crippen molar-refractivity contribution in [3.8, 4) is 5.75 Å². The van der Waals surface area contributed by atoms with Crippen LogP contribution in [0.25, 0.3) is 0 Å². The van der Waals surface area contributed by atoms with Gasteiger partial charge in [-0.05, 0) is 69.1 Å². The Balaban J connectivity index is 1.15. The highest BCUT2D eigenvalue weighted by Gasteiger charge is 2.63. The van der Waals surface area contributed by atoms with Crippen molar-refractivity contribution in [2.75, 3.05) is 26.9 Å². The summed E-state index contributed by atoms with van der Waals surface area (Å²) in [6.07, 6.45) is 7.06. The molecule has 35 heavy (non-hydrogen) atoms. The Kier molecular flexibility index (Phi) is 7.46. The number of aliphatic hydroxyl groups is 1. The van der Waals surface area contributed by atoms with E-state index in [-0.39, 0.29) is 30.5 Å². The number of hydrogen-bond acceptors (Lipinski definition) is 7. The third-order valence-corrected chi connectivity index (χ3v) is 8.37. The standard InChI is InChI=1S/C28H42O7/c1-20(17-31-18-21-6-8-22(30-3)9-7-21)15-26(2)11-10-25(34-26)28-13-12-27(19-29,35-28)16-24(33-28)23-5-4-14-32-23/h6-9,20,23-25,29H,4-5,10-19H2,1-3H3/t20-,23+,24-,25-,26-,27-,28-/m1/s1. The number of methoxy groups -OCH3 is 1. The quantitative estimate of drug-likeness (QED) is 0.522. The van der Waals surface area contributed by atoms with E-state index in [1.165, 1.54) is 0 Å².